The van der Waals surface area contributed by atoms with Crippen molar-refractivity contribution in [3.05, 3.63) is 63.4 Å². The average Bonchev–Trinajstić information content (AvgIpc) is 2.45. The molecule has 1 aliphatic rings. The Balaban J connectivity index is 2.01. The summed E-state index contributed by atoms with van der Waals surface area (Å²) in [5.41, 5.74) is 2.73. The van der Waals surface area contributed by atoms with Crippen molar-refractivity contribution in [2.24, 2.45) is 0 Å². The molecule has 3 rings (SSSR count). The fraction of sp³-hybridized carbons (Fsp3) is 0.188. The molecule has 0 saturated heterocycles. The summed E-state index contributed by atoms with van der Waals surface area (Å²) in [6, 6.07) is 10.6. The molecule has 2 aromatic rings. The van der Waals surface area contributed by atoms with Crippen molar-refractivity contribution >= 4 is 39.1 Å². The first kappa shape index (κ1) is 14.5. The maximum Gasteiger partial charge on any atom is 0.224 e. The standard InChI is InChI=1S/C16H12BrClFNO/c17-11-3-1-2-10(6-11)16(18)12-7-9-4-5-15(21)20-14(9)8-13(12)19/h1-3,6-8,16H,4-5H2,(H,20,21). The van der Waals surface area contributed by atoms with Gasteiger partial charge in [-0.15, -0.1) is 11.6 Å². The lowest BCUT2D eigenvalue weighted by Gasteiger charge is -2.20. The van der Waals surface area contributed by atoms with E-state index in [4.69, 9.17) is 11.6 Å². The first-order valence-corrected chi connectivity index (χ1v) is 7.79. The van der Waals surface area contributed by atoms with E-state index in [1.165, 1.54) is 6.07 Å². The molecule has 2 aromatic carbocycles. The Morgan fingerprint density at radius 2 is 2.05 bits per heavy atom. The average molecular weight is 369 g/mol. The molecule has 2 nitrogen and oxygen atoms in total. The highest BCUT2D eigenvalue weighted by Gasteiger charge is 2.21. The largest absolute Gasteiger partial charge is 0.326 e. The zero-order chi connectivity index (χ0) is 15.0. The maximum atomic E-state index is 14.3. The van der Waals surface area contributed by atoms with E-state index in [1.807, 2.05) is 24.3 Å². The molecule has 1 amide bonds. The SMILES string of the molecule is O=C1CCc2cc(C(Cl)c3cccc(Br)c3)c(F)cc2N1. The number of halogens is 3. The number of benzene rings is 2. The molecule has 108 valence electrons. The van der Waals surface area contributed by atoms with Crippen LogP contribution in [0.4, 0.5) is 10.1 Å². The van der Waals surface area contributed by atoms with Gasteiger partial charge in [-0.2, -0.15) is 0 Å². The van der Waals surface area contributed by atoms with Crippen LogP contribution >= 0.6 is 27.5 Å². The Bertz CT molecular complexity index is 719. The van der Waals surface area contributed by atoms with E-state index in [-0.39, 0.29) is 5.91 Å². The second kappa shape index (κ2) is 5.78. The smallest absolute Gasteiger partial charge is 0.224 e. The van der Waals surface area contributed by atoms with Crippen LogP contribution in [0.15, 0.2) is 40.9 Å². The molecule has 0 saturated carbocycles. The van der Waals surface area contributed by atoms with Crippen LogP contribution in [0.2, 0.25) is 0 Å². The summed E-state index contributed by atoms with van der Waals surface area (Å²) >= 11 is 9.82. The lowest BCUT2D eigenvalue weighted by atomic mass is 9.96. The van der Waals surface area contributed by atoms with E-state index in [9.17, 15) is 9.18 Å². The van der Waals surface area contributed by atoms with Crippen molar-refractivity contribution in [2.45, 2.75) is 18.2 Å². The van der Waals surface area contributed by atoms with Gasteiger partial charge in [-0.05, 0) is 41.8 Å². The molecule has 1 aliphatic heterocycles. The Morgan fingerprint density at radius 1 is 1.24 bits per heavy atom. The predicted octanol–water partition coefficient (Wildman–Crippen LogP) is 4.80. The molecule has 0 radical (unpaired) electrons. The van der Waals surface area contributed by atoms with Gasteiger partial charge < -0.3 is 5.32 Å². The third-order valence-electron chi connectivity index (χ3n) is 3.53. The van der Waals surface area contributed by atoms with Crippen LogP contribution in [-0.2, 0) is 11.2 Å². The van der Waals surface area contributed by atoms with Gasteiger partial charge in [0.1, 0.15) is 5.82 Å². The van der Waals surface area contributed by atoms with Crippen molar-refractivity contribution in [3.8, 4) is 0 Å². The Morgan fingerprint density at radius 3 is 2.81 bits per heavy atom. The van der Waals surface area contributed by atoms with Gasteiger partial charge in [-0.1, -0.05) is 28.1 Å². The third-order valence-corrected chi connectivity index (χ3v) is 4.51. The Labute approximate surface area is 135 Å². The third kappa shape index (κ3) is 2.97. The number of carbonyl (C=O) groups excluding carboxylic acids is 1. The number of carbonyl (C=O) groups is 1. The quantitative estimate of drug-likeness (QED) is 0.758. The van der Waals surface area contributed by atoms with Gasteiger partial charge in [-0.25, -0.2) is 4.39 Å². The fourth-order valence-electron chi connectivity index (χ4n) is 2.46. The number of amides is 1. The van der Waals surface area contributed by atoms with Crippen LogP contribution in [0, 0.1) is 5.82 Å². The molecule has 1 unspecified atom stereocenters. The van der Waals surface area contributed by atoms with Gasteiger partial charge in [0, 0.05) is 22.1 Å². The number of hydrogen-bond donors (Lipinski definition) is 1. The molecule has 0 bridgehead atoms. The summed E-state index contributed by atoms with van der Waals surface area (Å²) in [6.45, 7) is 0. The van der Waals surface area contributed by atoms with Crippen LogP contribution in [-0.4, -0.2) is 5.91 Å². The molecular formula is C16H12BrClFNO. The highest BCUT2D eigenvalue weighted by Crippen LogP contribution is 2.35. The highest BCUT2D eigenvalue weighted by molar-refractivity contribution is 9.10. The molecule has 5 heteroatoms. The molecular weight excluding hydrogens is 357 g/mol. The number of fused-ring (bicyclic) bond motifs is 1. The fourth-order valence-corrected chi connectivity index (χ4v) is 3.18. The first-order valence-electron chi connectivity index (χ1n) is 6.56. The van der Waals surface area contributed by atoms with E-state index in [0.29, 0.717) is 24.1 Å². The topological polar surface area (TPSA) is 29.1 Å². The van der Waals surface area contributed by atoms with Gasteiger partial charge in [0.15, 0.2) is 0 Å². The predicted molar refractivity (Wildman–Crippen MR) is 85.2 cm³/mol. The summed E-state index contributed by atoms with van der Waals surface area (Å²) < 4.78 is 15.2. The van der Waals surface area contributed by atoms with Gasteiger partial charge in [0.25, 0.3) is 0 Å². The minimum absolute atomic E-state index is 0.0796. The lowest BCUT2D eigenvalue weighted by molar-refractivity contribution is -0.116. The van der Waals surface area contributed by atoms with Crippen LogP contribution in [0.5, 0.6) is 0 Å². The number of aryl methyl sites for hydroxylation is 1. The molecule has 1 heterocycles. The number of nitrogens with one attached hydrogen (secondary N) is 1. The van der Waals surface area contributed by atoms with E-state index >= 15 is 0 Å². The first-order chi connectivity index (χ1) is 10.0. The summed E-state index contributed by atoms with van der Waals surface area (Å²) in [6.07, 6.45) is 1.03. The van der Waals surface area contributed by atoms with Crippen LogP contribution in [0.3, 0.4) is 0 Å². The van der Waals surface area contributed by atoms with Gasteiger partial charge >= 0.3 is 0 Å². The number of hydrogen-bond acceptors (Lipinski definition) is 1. The van der Waals surface area contributed by atoms with Gasteiger partial charge in [0.2, 0.25) is 5.91 Å². The van der Waals surface area contributed by atoms with Crippen LogP contribution < -0.4 is 5.32 Å². The molecule has 0 aliphatic carbocycles. The van der Waals surface area contributed by atoms with E-state index in [2.05, 4.69) is 21.2 Å². The summed E-state index contributed by atoms with van der Waals surface area (Å²) in [4.78, 5) is 11.4. The monoisotopic (exact) mass is 367 g/mol. The van der Waals surface area contributed by atoms with Crippen LogP contribution in [0.25, 0.3) is 0 Å². The molecule has 0 aromatic heterocycles. The van der Waals surface area contributed by atoms with Crippen molar-refractivity contribution in [2.75, 3.05) is 5.32 Å². The van der Waals surface area contributed by atoms with Gasteiger partial charge in [0.05, 0.1) is 5.38 Å². The molecule has 0 fully saturated rings. The number of alkyl halides is 1. The van der Waals surface area contributed by atoms with Crippen molar-refractivity contribution < 1.29 is 9.18 Å². The number of anilines is 1. The van der Waals surface area contributed by atoms with Crippen molar-refractivity contribution in [1.82, 2.24) is 0 Å². The molecule has 0 spiro atoms. The second-order valence-corrected chi connectivity index (χ2v) is 6.35. The summed E-state index contributed by atoms with van der Waals surface area (Å²) in [5.74, 6) is -0.486. The number of rotatable bonds is 2. The van der Waals surface area contributed by atoms with Crippen LogP contribution in [0.1, 0.15) is 28.5 Å². The normalized spacial score (nSPS) is 15.3. The molecule has 1 atom stereocenters. The van der Waals surface area contributed by atoms with E-state index < -0.39 is 11.2 Å². The van der Waals surface area contributed by atoms with Crippen molar-refractivity contribution in [3.63, 3.8) is 0 Å². The maximum absolute atomic E-state index is 14.3. The Hall–Kier alpha value is -1.39. The Kier molecular flexibility index (Phi) is 4.00. The molecule has 1 N–H and O–H groups in total. The molecule has 21 heavy (non-hydrogen) atoms. The van der Waals surface area contributed by atoms with Gasteiger partial charge in [-0.3, -0.25) is 4.79 Å². The van der Waals surface area contributed by atoms with E-state index in [1.54, 1.807) is 6.07 Å². The lowest BCUT2D eigenvalue weighted by Crippen LogP contribution is -2.19. The zero-order valence-corrected chi connectivity index (χ0v) is 13.3. The van der Waals surface area contributed by atoms with Crippen molar-refractivity contribution in [1.29, 1.82) is 0 Å². The minimum Gasteiger partial charge on any atom is -0.326 e. The highest BCUT2D eigenvalue weighted by atomic mass is 79.9. The summed E-state index contributed by atoms with van der Waals surface area (Å²) in [7, 11) is 0. The minimum atomic E-state index is -0.564. The zero-order valence-electron chi connectivity index (χ0n) is 11.0. The summed E-state index contributed by atoms with van der Waals surface area (Å²) in [5, 5.41) is 2.12. The second-order valence-electron chi connectivity index (χ2n) is 5.00. The van der Waals surface area contributed by atoms with E-state index in [0.717, 1.165) is 15.6 Å².